The van der Waals surface area contributed by atoms with Crippen LogP contribution >= 0.6 is 0 Å². The average molecular weight is 351 g/mol. The van der Waals surface area contributed by atoms with Gasteiger partial charge < -0.3 is 14.4 Å². The highest BCUT2D eigenvalue weighted by Crippen LogP contribution is 2.43. The molecule has 5 nitrogen and oxygen atoms in total. The summed E-state index contributed by atoms with van der Waals surface area (Å²) < 4.78 is 11.2. The van der Waals surface area contributed by atoms with E-state index in [2.05, 4.69) is 0 Å². The SMILES string of the molecule is CCOc1ccc(C(=O)N2CCCC3(C2)OC(=O)c2ccccc23)cc1. The van der Waals surface area contributed by atoms with Crippen molar-refractivity contribution in [3.63, 3.8) is 0 Å². The van der Waals surface area contributed by atoms with E-state index in [1.807, 2.05) is 25.1 Å². The summed E-state index contributed by atoms with van der Waals surface area (Å²) in [7, 11) is 0. The van der Waals surface area contributed by atoms with Crippen LogP contribution in [0.15, 0.2) is 48.5 Å². The van der Waals surface area contributed by atoms with Gasteiger partial charge in [0.15, 0.2) is 5.60 Å². The summed E-state index contributed by atoms with van der Waals surface area (Å²) in [6.07, 6.45) is 1.53. The van der Waals surface area contributed by atoms with Crippen LogP contribution in [0.3, 0.4) is 0 Å². The summed E-state index contributed by atoms with van der Waals surface area (Å²) in [6, 6.07) is 14.7. The molecule has 1 unspecified atom stereocenters. The topological polar surface area (TPSA) is 55.8 Å². The first-order valence-electron chi connectivity index (χ1n) is 8.98. The molecule has 2 aliphatic heterocycles. The molecule has 1 fully saturated rings. The number of piperidine rings is 1. The summed E-state index contributed by atoms with van der Waals surface area (Å²) in [4.78, 5) is 27.0. The van der Waals surface area contributed by atoms with E-state index < -0.39 is 5.60 Å². The molecular formula is C21H21NO4. The van der Waals surface area contributed by atoms with Gasteiger partial charge in [0.25, 0.3) is 5.91 Å². The second-order valence-electron chi connectivity index (χ2n) is 6.72. The summed E-state index contributed by atoms with van der Waals surface area (Å²) in [6.45, 7) is 3.56. The maximum Gasteiger partial charge on any atom is 0.339 e. The largest absolute Gasteiger partial charge is 0.494 e. The Morgan fingerprint density at radius 2 is 1.96 bits per heavy atom. The molecule has 134 valence electrons. The van der Waals surface area contributed by atoms with Gasteiger partial charge in [-0.15, -0.1) is 0 Å². The number of hydrogen-bond donors (Lipinski definition) is 0. The number of likely N-dealkylation sites (tertiary alicyclic amines) is 1. The van der Waals surface area contributed by atoms with Crippen LogP contribution < -0.4 is 4.74 Å². The molecule has 1 saturated heterocycles. The van der Waals surface area contributed by atoms with Crippen LogP contribution in [0.1, 0.15) is 46.0 Å². The van der Waals surface area contributed by atoms with Gasteiger partial charge in [-0.1, -0.05) is 18.2 Å². The van der Waals surface area contributed by atoms with Crippen molar-refractivity contribution in [1.29, 1.82) is 0 Å². The van der Waals surface area contributed by atoms with Crippen LogP contribution in [0.5, 0.6) is 5.75 Å². The normalized spacial score (nSPS) is 21.4. The Hall–Kier alpha value is -2.82. The standard InChI is InChI=1S/C21H21NO4/c1-2-25-16-10-8-15(9-11-16)19(23)22-13-5-12-21(14-22)18-7-4-3-6-17(18)20(24)26-21/h3-4,6-11H,2,5,12-14H2,1H3. The minimum absolute atomic E-state index is 0.0486. The Morgan fingerprint density at radius 1 is 1.19 bits per heavy atom. The molecule has 0 radical (unpaired) electrons. The third kappa shape index (κ3) is 2.73. The zero-order valence-corrected chi connectivity index (χ0v) is 14.7. The number of carbonyl (C=O) groups is 2. The molecule has 1 amide bonds. The summed E-state index contributed by atoms with van der Waals surface area (Å²) in [5, 5.41) is 0. The van der Waals surface area contributed by atoms with Crippen LogP contribution in [0.2, 0.25) is 0 Å². The molecule has 26 heavy (non-hydrogen) atoms. The fourth-order valence-corrected chi connectivity index (χ4v) is 3.89. The predicted molar refractivity (Wildman–Crippen MR) is 96.3 cm³/mol. The number of nitrogens with zero attached hydrogens (tertiary/aromatic N) is 1. The highest BCUT2D eigenvalue weighted by Gasteiger charge is 2.48. The van der Waals surface area contributed by atoms with Crippen LogP contribution in [0.4, 0.5) is 0 Å². The lowest BCUT2D eigenvalue weighted by Crippen LogP contribution is -2.48. The van der Waals surface area contributed by atoms with Crippen LogP contribution in [-0.4, -0.2) is 36.5 Å². The molecule has 0 aliphatic carbocycles. The maximum atomic E-state index is 12.9. The minimum Gasteiger partial charge on any atom is -0.494 e. The molecule has 0 saturated carbocycles. The number of rotatable bonds is 3. The summed E-state index contributed by atoms with van der Waals surface area (Å²) >= 11 is 0. The molecule has 5 heteroatoms. The minimum atomic E-state index is -0.715. The molecular weight excluding hydrogens is 330 g/mol. The highest BCUT2D eigenvalue weighted by molar-refractivity contribution is 5.96. The Labute approximate surface area is 152 Å². The van der Waals surface area contributed by atoms with E-state index in [0.29, 0.717) is 30.8 Å². The lowest BCUT2D eigenvalue weighted by molar-refractivity contribution is -0.0442. The van der Waals surface area contributed by atoms with Crippen molar-refractivity contribution in [2.75, 3.05) is 19.7 Å². The zero-order valence-electron chi connectivity index (χ0n) is 14.7. The second kappa shape index (κ2) is 6.48. The lowest BCUT2D eigenvalue weighted by atomic mass is 9.85. The molecule has 0 N–H and O–H groups in total. The number of benzene rings is 2. The molecule has 0 bridgehead atoms. The monoisotopic (exact) mass is 351 g/mol. The quantitative estimate of drug-likeness (QED) is 0.796. The van der Waals surface area contributed by atoms with Gasteiger partial charge in [-0.25, -0.2) is 4.79 Å². The van der Waals surface area contributed by atoms with Gasteiger partial charge in [-0.3, -0.25) is 4.79 Å². The van der Waals surface area contributed by atoms with Crippen molar-refractivity contribution in [3.05, 3.63) is 65.2 Å². The fraction of sp³-hybridized carbons (Fsp3) is 0.333. The Balaban J connectivity index is 1.58. The van der Waals surface area contributed by atoms with Crippen molar-refractivity contribution >= 4 is 11.9 Å². The maximum absolute atomic E-state index is 12.9. The van der Waals surface area contributed by atoms with Gasteiger partial charge >= 0.3 is 5.97 Å². The van der Waals surface area contributed by atoms with E-state index in [9.17, 15) is 9.59 Å². The van der Waals surface area contributed by atoms with Crippen LogP contribution in [0, 0.1) is 0 Å². The molecule has 4 rings (SSSR count). The molecule has 1 atom stereocenters. The van der Waals surface area contributed by atoms with Crippen molar-refractivity contribution in [3.8, 4) is 5.75 Å². The number of fused-ring (bicyclic) bond motifs is 2. The van der Waals surface area contributed by atoms with Crippen molar-refractivity contribution in [2.24, 2.45) is 0 Å². The number of hydrogen-bond acceptors (Lipinski definition) is 4. The molecule has 2 aliphatic rings. The Morgan fingerprint density at radius 3 is 2.73 bits per heavy atom. The smallest absolute Gasteiger partial charge is 0.339 e. The number of esters is 1. The van der Waals surface area contributed by atoms with Gasteiger partial charge in [0.2, 0.25) is 0 Å². The van der Waals surface area contributed by atoms with E-state index >= 15 is 0 Å². The van der Waals surface area contributed by atoms with Crippen molar-refractivity contribution in [1.82, 2.24) is 4.90 Å². The van der Waals surface area contributed by atoms with Crippen LogP contribution in [-0.2, 0) is 10.3 Å². The number of amides is 1. The molecule has 2 heterocycles. The van der Waals surface area contributed by atoms with E-state index in [4.69, 9.17) is 9.47 Å². The van der Waals surface area contributed by atoms with Gasteiger partial charge in [0.05, 0.1) is 18.7 Å². The molecule has 1 spiro atoms. The summed E-state index contributed by atoms with van der Waals surface area (Å²) in [5.41, 5.74) is 1.41. The molecule has 0 aromatic heterocycles. The Bertz CT molecular complexity index is 845. The molecule has 2 aromatic rings. The zero-order chi connectivity index (χ0) is 18.1. The summed E-state index contributed by atoms with van der Waals surface area (Å²) in [5.74, 6) is 0.404. The predicted octanol–water partition coefficient (Wildman–Crippen LogP) is 3.39. The van der Waals surface area contributed by atoms with E-state index in [1.54, 1.807) is 35.2 Å². The van der Waals surface area contributed by atoms with Crippen LogP contribution in [0.25, 0.3) is 0 Å². The van der Waals surface area contributed by atoms with E-state index in [-0.39, 0.29) is 11.9 Å². The Kier molecular flexibility index (Phi) is 4.15. The van der Waals surface area contributed by atoms with Crippen molar-refractivity contribution in [2.45, 2.75) is 25.4 Å². The average Bonchev–Trinajstić information content (AvgIpc) is 2.94. The number of carbonyl (C=O) groups excluding carboxylic acids is 2. The van der Waals surface area contributed by atoms with E-state index in [0.717, 1.165) is 24.2 Å². The number of ether oxygens (including phenoxy) is 2. The highest BCUT2D eigenvalue weighted by atomic mass is 16.6. The molecule has 2 aromatic carbocycles. The van der Waals surface area contributed by atoms with Gasteiger partial charge in [0.1, 0.15) is 5.75 Å². The first kappa shape index (κ1) is 16.6. The fourth-order valence-electron chi connectivity index (χ4n) is 3.89. The lowest BCUT2D eigenvalue weighted by Gasteiger charge is -2.39. The van der Waals surface area contributed by atoms with Crippen molar-refractivity contribution < 1.29 is 19.1 Å². The van der Waals surface area contributed by atoms with Gasteiger partial charge in [0, 0.05) is 17.7 Å². The first-order chi connectivity index (χ1) is 12.6. The second-order valence-corrected chi connectivity index (χ2v) is 6.72. The first-order valence-corrected chi connectivity index (χ1v) is 8.98. The van der Waals surface area contributed by atoms with Gasteiger partial charge in [-0.05, 0) is 50.1 Å². The third-order valence-electron chi connectivity index (χ3n) is 5.08. The third-order valence-corrected chi connectivity index (χ3v) is 5.08. The van der Waals surface area contributed by atoms with Gasteiger partial charge in [-0.2, -0.15) is 0 Å². The van der Waals surface area contributed by atoms with E-state index in [1.165, 1.54) is 0 Å².